The Hall–Kier alpha value is -1.71. The molecule has 1 fully saturated rings. The number of nitrogens with one attached hydrogen (secondary N) is 1. The molecule has 1 aromatic rings. The molecule has 0 atom stereocenters. The second kappa shape index (κ2) is 7.91. The molecule has 1 aliphatic rings. The van der Waals surface area contributed by atoms with Crippen molar-refractivity contribution in [2.75, 3.05) is 43.8 Å². The number of aromatic nitrogens is 1. The van der Waals surface area contributed by atoms with Crippen LogP contribution in [-0.4, -0.2) is 73.6 Å². The van der Waals surface area contributed by atoms with E-state index in [-0.39, 0.29) is 17.7 Å². The van der Waals surface area contributed by atoms with Crippen molar-refractivity contribution < 1.29 is 13.2 Å². The first-order valence-corrected chi connectivity index (χ1v) is 9.71. The van der Waals surface area contributed by atoms with Crippen LogP contribution in [0.1, 0.15) is 24.2 Å². The summed E-state index contributed by atoms with van der Waals surface area (Å²) in [4.78, 5) is 20.5. The van der Waals surface area contributed by atoms with Crippen molar-refractivity contribution >= 4 is 21.7 Å². The van der Waals surface area contributed by atoms with Crippen LogP contribution in [0.5, 0.6) is 0 Å². The van der Waals surface area contributed by atoms with Gasteiger partial charge in [0.05, 0.1) is 11.3 Å². The van der Waals surface area contributed by atoms with E-state index in [0.29, 0.717) is 38.3 Å². The van der Waals surface area contributed by atoms with Crippen molar-refractivity contribution in [1.82, 2.24) is 14.8 Å². The summed E-state index contributed by atoms with van der Waals surface area (Å²) in [5.74, 6) is 0.633. The highest BCUT2D eigenvalue weighted by molar-refractivity contribution is 7.89. The molecule has 3 N–H and O–H groups in total. The summed E-state index contributed by atoms with van der Waals surface area (Å²) < 4.78 is 22.0. The van der Waals surface area contributed by atoms with Gasteiger partial charge in [-0.05, 0) is 26.0 Å². The number of nitrogens with zero attached hydrogens (tertiary/aromatic N) is 3. The molecule has 1 aliphatic heterocycles. The summed E-state index contributed by atoms with van der Waals surface area (Å²) in [6, 6.07) is 3.85. The van der Waals surface area contributed by atoms with Gasteiger partial charge < -0.3 is 10.2 Å². The monoisotopic (exact) mass is 355 g/mol. The summed E-state index contributed by atoms with van der Waals surface area (Å²) >= 11 is 0. The number of amides is 1. The molecule has 24 heavy (non-hydrogen) atoms. The lowest BCUT2D eigenvalue weighted by Crippen LogP contribution is -2.49. The second-order valence-corrected chi connectivity index (χ2v) is 7.97. The largest absolute Gasteiger partial charge is 0.368 e. The van der Waals surface area contributed by atoms with Gasteiger partial charge in [0.1, 0.15) is 5.82 Å². The van der Waals surface area contributed by atoms with Crippen LogP contribution in [0.4, 0.5) is 5.82 Å². The standard InChI is InChI=1S/C15H25N5O3S/c1-12(2)18-14-4-3-13(11-17-14)15(21)20-7-5-19(6-8-20)9-10-24(16,22)23/h3-4,11-12H,5-10H2,1-2H3,(H,17,18)(H2,16,22,23). The van der Waals surface area contributed by atoms with Crippen molar-refractivity contribution in [3.8, 4) is 0 Å². The van der Waals surface area contributed by atoms with E-state index in [9.17, 15) is 13.2 Å². The highest BCUT2D eigenvalue weighted by Crippen LogP contribution is 2.11. The zero-order chi connectivity index (χ0) is 17.7. The highest BCUT2D eigenvalue weighted by Gasteiger charge is 2.22. The van der Waals surface area contributed by atoms with Gasteiger partial charge in [-0.15, -0.1) is 0 Å². The van der Waals surface area contributed by atoms with Gasteiger partial charge in [0.2, 0.25) is 10.0 Å². The Labute approximate surface area is 143 Å². The normalized spacial score (nSPS) is 16.4. The third kappa shape index (κ3) is 5.73. The minimum absolute atomic E-state index is 0.0512. The van der Waals surface area contributed by atoms with Gasteiger partial charge in [-0.1, -0.05) is 0 Å². The summed E-state index contributed by atoms with van der Waals surface area (Å²) in [6.07, 6.45) is 1.58. The Morgan fingerprint density at radius 1 is 1.29 bits per heavy atom. The van der Waals surface area contributed by atoms with Crippen LogP contribution in [0.2, 0.25) is 0 Å². The molecule has 0 spiro atoms. The Morgan fingerprint density at radius 3 is 2.46 bits per heavy atom. The molecular formula is C15H25N5O3S. The predicted octanol–water partition coefficient (Wildman–Crippen LogP) is -0.0518. The van der Waals surface area contributed by atoms with Gasteiger partial charge in [-0.25, -0.2) is 18.5 Å². The van der Waals surface area contributed by atoms with E-state index >= 15 is 0 Å². The molecule has 2 heterocycles. The average molecular weight is 355 g/mol. The molecule has 1 saturated heterocycles. The Balaban J connectivity index is 1.86. The first-order chi connectivity index (χ1) is 11.2. The third-order valence-electron chi connectivity index (χ3n) is 3.80. The first kappa shape index (κ1) is 18.6. The predicted molar refractivity (Wildman–Crippen MR) is 93.3 cm³/mol. The van der Waals surface area contributed by atoms with E-state index in [1.54, 1.807) is 23.2 Å². The molecule has 2 rings (SSSR count). The SMILES string of the molecule is CC(C)Nc1ccc(C(=O)N2CCN(CCS(N)(=O)=O)CC2)cn1. The smallest absolute Gasteiger partial charge is 0.255 e. The molecule has 9 heteroatoms. The lowest BCUT2D eigenvalue weighted by atomic mass is 10.2. The first-order valence-electron chi connectivity index (χ1n) is 7.99. The molecule has 0 unspecified atom stereocenters. The van der Waals surface area contributed by atoms with Crippen LogP contribution < -0.4 is 10.5 Å². The number of hydrogen-bond donors (Lipinski definition) is 2. The minimum Gasteiger partial charge on any atom is -0.368 e. The van der Waals surface area contributed by atoms with Crippen molar-refractivity contribution in [3.05, 3.63) is 23.9 Å². The number of piperazine rings is 1. The molecule has 134 valence electrons. The topological polar surface area (TPSA) is 109 Å². The van der Waals surface area contributed by atoms with E-state index in [1.165, 1.54) is 0 Å². The van der Waals surface area contributed by atoms with E-state index in [1.807, 2.05) is 18.7 Å². The molecule has 0 saturated carbocycles. The Kier molecular flexibility index (Phi) is 6.14. The zero-order valence-electron chi connectivity index (χ0n) is 14.1. The molecular weight excluding hydrogens is 330 g/mol. The number of carbonyl (C=O) groups excluding carboxylic acids is 1. The van der Waals surface area contributed by atoms with Gasteiger partial charge in [-0.2, -0.15) is 0 Å². The summed E-state index contributed by atoms with van der Waals surface area (Å²) in [7, 11) is -3.45. The fourth-order valence-electron chi connectivity index (χ4n) is 2.52. The average Bonchev–Trinajstić information content (AvgIpc) is 2.52. The van der Waals surface area contributed by atoms with Gasteiger partial charge in [-0.3, -0.25) is 9.69 Å². The van der Waals surface area contributed by atoms with Crippen molar-refractivity contribution in [2.45, 2.75) is 19.9 Å². The van der Waals surface area contributed by atoms with Crippen molar-refractivity contribution in [2.24, 2.45) is 5.14 Å². The molecule has 1 amide bonds. The number of rotatable bonds is 6. The lowest BCUT2D eigenvalue weighted by molar-refractivity contribution is 0.0643. The van der Waals surface area contributed by atoms with Crippen LogP contribution in [0.25, 0.3) is 0 Å². The number of nitrogens with two attached hydrogens (primary N) is 1. The fourth-order valence-corrected chi connectivity index (χ4v) is 3.03. The highest BCUT2D eigenvalue weighted by atomic mass is 32.2. The summed E-state index contributed by atoms with van der Waals surface area (Å²) in [5, 5.41) is 8.20. The maximum atomic E-state index is 12.5. The van der Waals surface area contributed by atoms with Crippen LogP contribution in [0, 0.1) is 0 Å². The maximum absolute atomic E-state index is 12.5. The van der Waals surface area contributed by atoms with E-state index in [4.69, 9.17) is 5.14 Å². The van der Waals surface area contributed by atoms with E-state index < -0.39 is 10.0 Å². The molecule has 0 radical (unpaired) electrons. The van der Waals surface area contributed by atoms with Crippen LogP contribution in [0.15, 0.2) is 18.3 Å². The number of hydrogen-bond acceptors (Lipinski definition) is 6. The van der Waals surface area contributed by atoms with Gasteiger partial charge in [0, 0.05) is 45.0 Å². The summed E-state index contributed by atoms with van der Waals surface area (Å²) in [5.41, 5.74) is 0.558. The van der Waals surface area contributed by atoms with Crippen molar-refractivity contribution in [1.29, 1.82) is 0 Å². The Bertz CT molecular complexity index is 652. The minimum atomic E-state index is -3.45. The fraction of sp³-hybridized carbons (Fsp3) is 0.600. The lowest BCUT2D eigenvalue weighted by Gasteiger charge is -2.34. The summed E-state index contributed by atoms with van der Waals surface area (Å²) in [6.45, 7) is 6.86. The van der Waals surface area contributed by atoms with Crippen LogP contribution in [0.3, 0.4) is 0 Å². The number of pyridine rings is 1. The number of primary sulfonamides is 1. The van der Waals surface area contributed by atoms with Crippen LogP contribution >= 0.6 is 0 Å². The van der Waals surface area contributed by atoms with E-state index in [2.05, 4.69) is 10.3 Å². The number of carbonyl (C=O) groups is 1. The van der Waals surface area contributed by atoms with Gasteiger partial charge >= 0.3 is 0 Å². The third-order valence-corrected chi connectivity index (χ3v) is 4.55. The molecule has 1 aromatic heterocycles. The second-order valence-electron chi connectivity index (χ2n) is 6.23. The van der Waals surface area contributed by atoms with Gasteiger partial charge in [0.25, 0.3) is 5.91 Å². The molecule has 0 aromatic carbocycles. The van der Waals surface area contributed by atoms with E-state index in [0.717, 1.165) is 5.82 Å². The number of sulfonamides is 1. The molecule has 0 bridgehead atoms. The molecule has 8 nitrogen and oxygen atoms in total. The quantitative estimate of drug-likeness (QED) is 0.740. The zero-order valence-corrected chi connectivity index (χ0v) is 14.9. The van der Waals surface area contributed by atoms with Crippen molar-refractivity contribution in [3.63, 3.8) is 0 Å². The van der Waals surface area contributed by atoms with Crippen LogP contribution in [-0.2, 0) is 10.0 Å². The number of anilines is 1. The molecule has 0 aliphatic carbocycles. The Morgan fingerprint density at radius 2 is 1.96 bits per heavy atom. The van der Waals surface area contributed by atoms with Gasteiger partial charge in [0.15, 0.2) is 0 Å². The maximum Gasteiger partial charge on any atom is 0.255 e.